The lowest BCUT2D eigenvalue weighted by Crippen LogP contribution is -2.14. The Hall–Kier alpha value is -2.46. The molecule has 10 heteroatoms. The fraction of sp³-hybridized carbons (Fsp3) is 0.0476. The zero-order valence-corrected chi connectivity index (χ0v) is 20.0. The van der Waals surface area contributed by atoms with Crippen LogP contribution in [-0.2, 0) is 17.1 Å². The molecular weight excluding hydrogens is 522 g/mol. The standard InChI is InChI=1S/C21H15BrClN3O3S2/c1-26-18-10-5-14(22)12-19(18)30-21(26)24-20(27)13-3-2-4-16(11-13)25-31(28,29)17-8-6-15(23)7-9-17/h2-12,25H,1H3. The van der Waals surface area contributed by atoms with Gasteiger partial charge >= 0.3 is 0 Å². The second kappa shape index (κ2) is 8.58. The molecule has 0 atom stereocenters. The number of nitrogens with one attached hydrogen (secondary N) is 1. The largest absolute Gasteiger partial charge is 0.319 e. The molecule has 3 aromatic carbocycles. The Kier molecular flexibility index (Phi) is 6.02. The SMILES string of the molecule is Cn1c(=NC(=O)c2cccc(NS(=O)(=O)c3ccc(Cl)cc3)c2)sc2cc(Br)ccc21. The van der Waals surface area contributed by atoms with Crippen molar-refractivity contribution >= 4 is 70.7 Å². The third kappa shape index (κ3) is 4.74. The number of amides is 1. The minimum atomic E-state index is -3.82. The van der Waals surface area contributed by atoms with E-state index in [9.17, 15) is 13.2 Å². The van der Waals surface area contributed by atoms with Gasteiger partial charge in [0.2, 0.25) is 0 Å². The van der Waals surface area contributed by atoms with Crippen LogP contribution in [0.25, 0.3) is 10.2 Å². The maximum atomic E-state index is 12.8. The van der Waals surface area contributed by atoms with Crippen LogP contribution in [0.1, 0.15) is 10.4 Å². The average Bonchev–Trinajstić information content (AvgIpc) is 3.02. The molecule has 158 valence electrons. The molecule has 0 saturated carbocycles. The molecule has 1 N–H and O–H groups in total. The van der Waals surface area contributed by atoms with Crippen LogP contribution in [0.5, 0.6) is 0 Å². The number of aryl methyl sites for hydroxylation is 1. The molecule has 0 saturated heterocycles. The fourth-order valence-electron chi connectivity index (χ4n) is 2.91. The number of sulfonamides is 1. The lowest BCUT2D eigenvalue weighted by molar-refractivity contribution is 0.0998. The number of hydrogen-bond acceptors (Lipinski definition) is 4. The second-order valence-corrected chi connectivity index (χ2v) is 10.7. The van der Waals surface area contributed by atoms with Crippen molar-refractivity contribution in [2.75, 3.05) is 4.72 Å². The van der Waals surface area contributed by atoms with E-state index in [1.54, 1.807) is 18.2 Å². The summed E-state index contributed by atoms with van der Waals surface area (Å²) in [5.74, 6) is -0.464. The van der Waals surface area contributed by atoms with E-state index in [1.165, 1.54) is 41.7 Å². The number of aromatic nitrogens is 1. The van der Waals surface area contributed by atoms with E-state index in [-0.39, 0.29) is 16.1 Å². The van der Waals surface area contributed by atoms with Crippen molar-refractivity contribution in [1.82, 2.24) is 4.57 Å². The number of benzene rings is 3. The molecule has 1 aromatic heterocycles. The minimum Gasteiger partial charge on any atom is -0.319 e. The van der Waals surface area contributed by atoms with Crippen LogP contribution in [-0.4, -0.2) is 18.9 Å². The predicted octanol–water partition coefficient (Wildman–Crippen LogP) is 5.20. The maximum absolute atomic E-state index is 12.8. The van der Waals surface area contributed by atoms with Crippen LogP contribution in [0.4, 0.5) is 5.69 Å². The fourth-order valence-corrected chi connectivity index (χ4v) is 5.65. The maximum Gasteiger partial charge on any atom is 0.279 e. The lowest BCUT2D eigenvalue weighted by atomic mass is 10.2. The van der Waals surface area contributed by atoms with E-state index in [2.05, 4.69) is 25.6 Å². The van der Waals surface area contributed by atoms with Crippen molar-refractivity contribution in [2.24, 2.45) is 12.0 Å². The number of halogens is 2. The third-order valence-corrected chi connectivity index (χ3v) is 7.69. The Morgan fingerprint density at radius 2 is 1.84 bits per heavy atom. The Morgan fingerprint density at radius 1 is 1.10 bits per heavy atom. The number of hydrogen-bond donors (Lipinski definition) is 1. The van der Waals surface area contributed by atoms with Gasteiger partial charge in [0.15, 0.2) is 4.80 Å². The Bertz CT molecular complexity index is 1480. The molecule has 0 bridgehead atoms. The second-order valence-electron chi connectivity index (χ2n) is 6.61. The summed E-state index contributed by atoms with van der Waals surface area (Å²) < 4.78 is 31.4. The van der Waals surface area contributed by atoms with Gasteiger partial charge in [0.05, 0.1) is 15.1 Å². The van der Waals surface area contributed by atoms with E-state index in [1.807, 2.05) is 29.8 Å². The van der Waals surface area contributed by atoms with Gasteiger partial charge in [0, 0.05) is 27.8 Å². The van der Waals surface area contributed by atoms with E-state index < -0.39 is 15.9 Å². The monoisotopic (exact) mass is 535 g/mol. The van der Waals surface area contributed by atoms with Crippen LogP contribution >= 0.6 is 38.9 Å². The summed E-state index contributed by atoms with van der Waals surface area (Å²) in [6.07, 6.45) is 0. The number of fused-ring (bicyclic) bond motifs is 1. The number of anilines is 1. The first-order valence-electron chi connectivity index (χ1n) is 8.95. The molecule has 0 aliphatic carbocycles. The highest BCUT2D eigenvalue weighted by Crippen LogP contribution is 2.22. The lowest BCUT2D eigenvalue weighted by Gasteiger charge is -2.09. The molecule has 6 nitrogen and oxygen atoms in total. The van der Waals surface area contributed by atoms with Gasteiger partial charge in [-0.15, -0.1) is 0 Å². The number of carbonyl (C=O) groups excluding carboxylic acids is 1. The zero-order valence-electron chi connectivity index (χ0n) is 16.0. The summed E-state index contributed by atoms with van der Waals surface area (Å²) >= 11 is 10.7. The summed E-state index contributed by atoms with van der Waals surface area (Å²) in [7, 11) is -1.97. The topological polar surface area (TPSA) is 80.5 Å². The van der Waals surface area contributed by atoms with Crippen LogP contribution in [0, 0.1) is 0 Å². The molecule has 4 rings (SSSR count). The summed E-state index contributed by atoms with van der Waals surface area (Å²) in [5.41, 5.74) is 1.50. The van der Waals surface area contributed by atoms with Gasteiger partial charge in [-0.05, 0) is 60.7 Å². The van der Waals surface area contributed by atoms with Gasteiger partial charge in [-0.1, -0.05) is 44.9 Å². The number of rotatable bonds is 4. The van der Waals surface area contributed by atoms with Gasteiger partial charge in [-0.3, -0.25) is 9.52 Å². The van der Waals surface area contributed by atoms with Crippen LogP contribution in [0.2, 0.25) is 5.02 Å². The van der Waals surface area contributed by atoms with Crippen molar-refractivity contribution in [3.05, 3.63) is 86.6 Å². The van der Waals surface area contributed by atoms with Crippen molar-refractivity contribution < 1.29 is 13.2 Å². The normalized spacial score (nSPS) is 12.3. The Labute approximate surface area is 196 Å². The number of carbonyl (C=O) groups is 1. The summed E-state index contributed by atoms with van der Waals surface area (Å²) in [6, 6.07) is 17.9. The van der Waals surface area contributed by atoms with Crippen molar-refractivity contribution in [3.8, 4) is 0 Å². The number of nitrogens with zero attached hydrogens (tertiary/aromatic N) is 2. The molecule has 0 aliphatic rings. The predicted molar refractivity (Wildman–Crippen MR) is 127 cm³/mol. The van der Waals surface area contributed by atoms with Gasteiger partial charge in [-0.2, -0.15) is 4.99 Å². The molecular formula is C21H15BrClN3O3S2. The Balaban J connectivity index is 1.64. The highest BCUT2D eigenvalue weighted by molar-refractivity contribution is 9.10. The first kappa shape index (κ1) is 21.8. The highest BCUT2D eigenvalue weighted by atomic mass is 79.9. The molecule has 4 aromatic rings. The minimum absolute atomic E-state index is 0.0711. The van der Waals surface area contributed by atoms with E-state index in [4.69, 9.17) is 11.6 Å². The molecule has 0 spiro atoms. The Morgan fingerprint density at radius 3 is 2.58 bits per heavy atom. The molecule has 0 unspecified atom stereocenters. The zero-order chi connectivity index (χ0) is 22.2. The molecule has 0 radical (unpaired) electrons. The van der Waals surface area contributed by atoms with E-state index in [0.29, 0.717) is 9.82 Å². The van der Waals surface area contributed by atoms with Gasteiger partial charge in [-0.25, -0.2) is 8.42 Å². The quantitative estimate of drug-likeness (QED) is 0.389. The molecule has 0 aliphatic heterocycles. The summed E-state index contributed by atoms with van der Waals surface area (Å²) in [6.45, 7) is 0. The average molecular weight is 537 g/mol. The molecule has 31 heavy (non-hydrogen) atoms. The number of thiazole rings is 1. The van der Waals surface area contributed by atoms with Crippen LogP contribution in [0.15, 0.2) is 81.1 Å². The van der Waals surface area contributed by atoms with Crippen molar-refractivity contribution in [1.29, 1.82) is 0 Å². The molecule has 1 amide bonds. The smallest absolute Gasteiger partial charge is 0.279 e. The molecule has 1 heterocycles. The summed E-state index contributed by atoms with van der Waals surface area (Å²) in [4.78, 5) is 17.6. The van der Waals surface area contributed by atoms with Gasteiger partial charge < -0.3 is 4.57 Å². The third-order valence-electron chi connectivity index (χ3n) is 4.45. The van der Waals surface area contributed by atoms with Gasteiger partial charge in [0.25, 0.3) is 15.9 Å². The van der Waals surface area contributed by atoms with Crippen molar-refractivity contribution in [2.45, 2.75) is 4.90 Å². The van der Waals surface area contributed by atoms with Gasteiger partial charge in [0.1, 0.15) is 0 Å². The van der Waals surface area contributed by atoms with Crippen LogP contribution in [0.3, 0.4) is 0 Å². The van der Waals surface area contributed by atoms with E-state index >= 15 is 0 Å². The molecule has 0 fully saturated rings. The first-order chi connectivity index (χ1) is 14.7. The van der Waals surface area contributed by atoms with Crippen LogP contribution < -0.4 is 9.52 Å². The van der Waals surface area contributed by atoms with E-state index in [0.717, 1.165) is 14.7 Å². The van der Waals surface area contributed by atoms with Crippen molar-refractivity contribution in [3.63, 3.8) is 0 Å². The first-order valence-corrected chi connectivity index (χ1v) is 12.4. The highest BCUT2D eigenvalue weighted by Gasteiger charge is 2.15. The summed E-state index contributed by atoms with van der Waals surface area (Å²) in [5, 5.41) is 0.440.